The van der Waals surface area contributed by atoms with Gasteiger partial charge in [-0.1, -0.05) is 13.8 Å². The van der Waals surface area contributed by atoms with E-state index in [0.29, 0.717) is 5.92 Å². The summed E-state index contributed by atoms with van der Waals surface area (Å²) in [6.07, 6.45) is 4.70. The van der Waals surface area contributed by atoms with Crippen LogP contribution in [0.5, 0.6) is 0 Å². The van der Waals surface area contributed by atoms with Crippen LogP contribution in [0.2, 0.25) is 0 Å². The summed E-state index contributed by atoms with van der Waals surface area (Å²) in [5.41, 5.74) is 2.33. The van der Waals surface area contributed by atoms with Gasteiger partial charge in [0.15, 0.2) is 0 Å². The topological polar surface area (TPSA) is 36.4 Å². The Labute approximate surface area is 103 Å². The highest BCUT2D eigenvalue weighted by atomic mass is 16.3. The van der Waals surface area contributed by atoms with E-state index in [1.807, 2.05) is 6.20 Å². The third kappa shape index (κ3) is 3.19. The Bertz CT molecular complexity index is 348. The van der Waals surface area contributed by atoms with Gasteiger partial charge in [0.1, 0.15) is 0 Å². The lowest BCUT2D eigenvalue weighted by atomic mass is 10.1. The summed E-state index contributed by atoms with van der Waals surface area (Å²) in [4.78, 5) is 6.83. The smallest absolute Gasteiger partial charge is 0.0557 e. The summed E-state index contributed by atoms with van der Waals surface area (Å²) < 4.78 is 0. The van der Waals surface area contributed by atoms with Gasteiger partial charge in [-0.15, -0.1) is 0 Å². The number of aliphatic hydroxyl groups is 1. The van der Waals surface area contributed by atoms with Gasteiger partial charge < -0.3 is 10.0 Å². The summed E-state index contributed by atoms with van der Waals surface area (Å²) in [5, 5.41) is 9.63. The highest BCUT2D eigenvalue weighted by Gasteiger charge is 2.15. The predicted molar refractivity (Wildman–Crippen MR) is 70.4 cm³/mol. The lowest BCUT2D eigenvalue weighted by molar-refractivity contribution is 0.161. The van der Waals surface area contributed by atoms with Crippen LogP contribution in [0.25, 0.3) is 0 Å². The van der Waals surface area contributed by atoms with Crippen molar-refractivity contribution >= 4 is 5.69 Å². The molecular formula is C14H22N2O. The zero-order valence-electron chi connectivity index (χ0n) is 10.8. The molecule has 94 valence electrons. The molecule has 1 atom stereocenters. The van der Waals surface area contributed by atoms with Gasteiger partial charge in [0.25, 0.3) is 0 Å². The van der Waals surface area contributed by atoms with Gasteiger partial charge in [0.05, 0.1) is 18.0 Å². The molecule has 3 nitrogen and oxygen atoms in total. The van der Waals surface area contributed by atoms with E-state index in [9.17, 15) is 5.11 Å². The number of hydrogen-bond donors (Lipinski definition) is 1. The molecule has 0 radical (unpaired) electrons. The van der Waals surface area contributed by atoms with Crippen LogP contribution in [0.4, 0.5) is 5.69 Å². The first-order valence-corrected chi connectivity index (χ1v) is 6.56. The minimum Gasteiger partial charge on any atom is -0.393 e. The highest BCUT2D eigenvalue weighted by molar-refractivity contribution is 5.44. The van der Waals surface area contributed by atoms with Crippen molar-refractivity contribution < 1.29 is 5.11 Å². The summed E-state index contributed by atoms with van der Waals surface area (Å²) in [6.45, 7) is 6.28. The van der Waals surface area contributed by atoms with Gasteiger partial charge in [0.2, 0.25) is 0 Å². The summed E-state index contributed by atoms with van der Waals surface area (Å²) >= 11 is 0. The van der Waals surface area contributed by atoms with Crippen molar-refractivity contribution in [3.63, 3.8) is 0 Å². The van der Waals surface area contributed by atoms with Crippen molar-refractivity contribution in [2.24, 2.45) is 0 Å². The minimum absolute atomic E-state index is 0.122. The fourth-order valence-corrected chi connectivity index (χ4v) is 2.26. The van der Waals surface area contributed by atoms with E-state index in [2.05, 4.69) is 35.9 Å². The average molecular weight is 234 g/mol. The number of nitrogens with zero attached hydrogens (tertiary/aromatic N) is 2. The van der Waals surface area contributed by atoms with Crippen LogP contribution in [0, 0.1) is 0 Å². The Balaban J connectivity index is 2.06. The molecule has 0 aliphatic carbocycles. The van der Waals surface area contributed by atoms with E-state index in [4.69, 9.17) is 0 Å². The number of rotatable bonds is 2. The second kappa shape index (κ2) is 5.50. The van der Waals surface area contributed by atoms with Crippen LogP contribution >= 0.6 is 0 Å². The predicted octanol–water partition coefficient (Wildman–Crippen LogP) is 2.56. The SMILES string of the molecule is CC(C)c1ccc(N2CCC[C@@H](O)CC2)cn1. The van der Waals surface area contributed by atoms with Gasteiger partial charge in [-0.2, -0.15) is 0 Å². The zero-order valence-corrected chi connectivity index (χ0v) is 10.8. The van der Waals surface area contributed by atoms with Crippen molar-refractivity contribution in [3.8, 4) is 0 Å². The lowest BCUT2D eigenvalue weighted by Crippen LogP contribution is -2.24. The first kappa shape index (κ1) is 12.4. The van der Waals surface area contributed by atoms with Crippen molar-refractivity contribution in [1.82, 2.24) is 4.98 Å². The van der Waals surface area contributed by atoms with Gasteiger partial charge in [-0.05, 0) is 37.3 Å². The molecule has 17 heavy (non-hydrogen) atoms. The molecule has 0 amide bonds. The molecule has 1 aromatic rings. The molecule has 2 rings (SSSR count). The Kier molecular flexibility index (Phi) is 4.00. The second-order valence-corrected chi connectivity index (χ2v) is 5.17. The van der Waals surface area contributed by atoms with Gasteiger partial charge in [0, 0.05) is 18.8 Å². The Morgan fingerprint density at radius 2 is 2.12 bits per heavy atom. The van der Waals surface area contributed by atoms with Crippen LogP contribution in [0.15, 0.2) is 18.3 Å². The molecule has 0 spiro atoms. The summed E-state index contributed by atoms with van der Waals surface area (Å²) in [5.74, 6) is 0.481. The van der Waals surface area contributed by atoms with E-state index >= 15 is 0 Å². The van der Waals surface area contributed by atoms with E-state index in [-0.39, 0.29) is 6.10 Å². The fraction of sp³-hybridized carbons (Fsp3) is 0.643. The van der Waals surface area contributed by atoms with Crippen LogP contribution in [0.3, 0.4) is 0 Å². The maximum atomic E-state index is 9.63. The molecule has 1 fully saturated rings. The molecule has 0 unspecified atom stereocenters. The van der Waals surface area contributed by atoms with E-state index < -0.39 is 0 Å². The zero-order chi connectivity index (χ0) is 12.3. The van der Waals surface area contributed by atoms with Crippen LogP contribution in [-0.4, -0.2) is 29.3 Å². The Morgan fingerprint density at radius 3 is 2.76 bits per heavy atom. The quantitative estimate of drug-likeness (QED) is 0.854. The van der Waals surface area contributed by atoms with E-state index in [0.717, 1.165) is 38.0 Å². The first-order valence-electron chi connectivity index (χ1n) is 6.56. The number of aliphatic hydroxyl groups excluding tert-OH is 1. The molecule has 2 heterocycles. The Hall–Kier alpha value is -1.09. The van der Waals surface area contributed by atoms with Crippen LogP contribution in [-0.2, 0) is 0 Å². The van der Waals surface area contributed by atoms with Crippen LogP contribution in [0.1, 0.15) is 44.7 Å². The third-order valence-electron chi connectivity index (χ3n) is 3.43. The number of hydrogen-bond acceptors (Lipinski definition) is 3. The maximum absolute atomic E-state index is 9.63. The van der Waals surface area contributed by atoms with E-state index in [1.54, 1.807) is 0 Å². The number of anilines is 1. The van der Waals surface area contributed by atoms with Crippen molar-refractivity contribution in [2.75, 3.05) is 18.0 Å². The van der Waals surface area contributed by atoms with Crippen molar-refractivity contribution in [2.45, 2.75) is 45.1 Å². The monoisotopic (exact) mass is 234 g/mol. The van der Waals surface area contributed by atoms with Crippen molar-refractivity contribution in [3.05, 3.63) is 24.0 Å². The molecule has 1 N–H and O–H groups in total. The molecule has 1 aromatic heterocycles. The standard InChI is InChI=1S/C14H22N2O/c1-11(2)14-6-5-12(10-15-14)16-8-3-4-13(17)7-9-16/h5-6,10-11,13,17H,3-4,7-9H2,1-2H3/t13-/m1/s1. The summed E-state index contributed by atoms with van der Waals surface area (Å²) in [6, 6.07) is 4.27. The molecule has 1 saturated heterocycles. The lowest BCUT2D eigenvalue weighted by Gasteiger charge is -2.22. The van der Waals surface area contributed by atoms with Crippen molar-refractivity contribution in [1.29, 1.82) is 0 Å². The molecule has 1 aliphatic heterocycles. The van der Waals surface area contributed by atoms with E-state index in [1.165, 1.54) is 5.69 Å². The number of aromatic nitrogens is 1. The first-order chi connectivity index (χ1) is 8.16. The molecule has 1 aliphatic rings. The maximum Gasteiger partial charge on any atom is 0.0557 e. The third-order valence-corrected chi connectivity index (χ3v) is 3.43. The Morgan fingerprint density at radius 1 is 1.29 bits per heavy atom. The molecule has 0 bridgehead atoms. The fourth-order valence-electron chi connectivity index (χ4n) is 2.26. The number of pyridine rings is 1. The molecule has 3 heteroatoms. The highest BCUT2D eigenvalue weighted by Crippen LogP contribution is 2.20. The second-order valence-electron chi connectivity index (χ2n) is 5.17. The minimum atomic E-state index is -0.122. The van der Waals surface area contributed by atoms with Gasteiger partial charge in [-0.3, -0.25) is 4.98 Å². The van der Waals surface area contributed by atoms with Crippen LogP contribution < -0.4 is 4.90 Å². The average Bonchev–Trinajstić information content (AvgIpc) is 2.54. The molecule has 0 aromatic carbocycles. The molecular weight excluding hydrogens is 212 g/mol. The molecule has 0 saturated carbocycles. The summed E-state index contributed by atoms with van der Waals surface area (Å²) in [7, 11) is 0. The van der Waals surface area contributed by atoms with Gasteiger partial charge >= 0.3 is 0 Å². The largest absolute Gasteiger partial charge is 0.393 e. The van der Waals surface area contributed by atoms with Gasteiger partial charge in [-0.25, -0.2) is 0 Å². The normalized spacial score (nSPS) is 21.6.